The molecule has 0 spiro atoms. The second-order valence-corrected chi connectivity index (χ2v) is 3.55. The summed E-state index contributed by atoms with van der Waals surface area (Å²) < 4.78 is 4.71. The van der Waals surface area contributed by atoms with E-state index in [9.17, 15) is 4.79 Å². The molecule has 0 radical (unpaired) electrons. The third kappa shape index (κ3) is 1.92. The SMILES string of the molecule is Cc1ccc2nc(Cl)c(OC=O)cc2c1. The molecule has 1 aromatic carbocycles. The van der Waals surface area contributed by atoms with Crippen LogP contribution in [-0.4, -0.2) is 11.5 Å². The van der Waals surface area contributed by atoms with Crippen molar-refractivity contribution in [3.05, 3.63) is 35.0 Å². The Morgan fingerprint density at radius 1 is 1.40 bits per heavy atom. The molecule has 0 saturated carbocycles. The monoisotopic (exact) mass is 221 g/mol. The van der Waals surface area contributed by atoms with E-state index in [1.54, 1.807) is 6.07 Å². The number of rotatable bonds is 2. The van der Waals surface area contributed by atoms with Crippen molar-refractivity contribution in [3.63, 3.8) is 0 Å². The van der Waals surface area contributed by atoms with Gasteiger partial charge in [-0.25, -0.2) is 4.98 Å². The van der Waals surface area contributed by atoms with Crippen LogP contribution in [0.5, 0.6) is 5.75 Å². The van der Waals surface area contributed by atoms with Gasteiger partial charge < -0.3 is 4.74 Å². The van der Waals surface area contributed by atoms with E-state index >= 15 is 0 Å². The number of hydrogen-bond acceptors (Lipinski definition) is 3. The molecule has 0 aliphatic heterocycles. The van der Waals surface area contributed by atoms with Crippen LogP contribution in [0.15, 0.2) is 24.3 Å². The molecule has 0 fully saturated rings. The highest BCUT2D eigenvalue weighted by atomic mass is 35.5. The van der Waals surface area contributed by atoms with Crippen LogP contribution >= 0.6 is 11.6 Å². The number of ether oxygens (including phenoxy) is 1. The Morgan fingerprint density at radius 3 is 2.93 bits per heavy atom. The maximum Gasteiger partial charge on any atom is 0.298 e. The lowest BCUT2D eigenvalue weighted by Crippen LogP contribution is -1.92. The summed E-state index contributed by atoms with van der Waals surface area (Å²) in [5.74, 6) is 0.282. The fourth-order valence-electron chi connectivity index (χ4n) is 1.39. The van der Waals surface area contributed by atoms with E-state index in [1.807, 2.05) is 25.1 Å². The lowest BCUT2D eigenvalue weighted by atomic mass is 10.1. The molecule has 2 rings (SSSR count). The second-order valence-electron chi connectivity index (χ2n) is 3.19. The third-order valence-corrected chi connectivity index (χ3v) is 2.34. The smallest absolute Gasteiger partial charge is 0.298 e. The molecule has 0 aliphatic rings. The molecule has 0 saturated heterocycles. The molecule has 1 aromatic heterocycles. The molecule has 0 N–H and O–H groups in total. The van der Waals surface area contributed by atoms with Gasteiger partial charge in [-0.1, -0.05) is 23.2 Å². The molecule has 76 valence electrons. The molecule has 15 heavy (non-hydrogen) atoms. The van der Waals surface area contributed by atoms with Crippen LogP contribution < -0.4 is 4.74 Å². The second kappa shape index (κ2) is 3.87. The van der Waals surface area contributed by atoms with Crippen LogP contribution in [0.3, 0.4) is 0 Å². The number of fused-ring (bicyclic) bond motifs is 1. The summed E-state index contributed by atoms with van der Waals surface area (Å²) in [7, 11) is 0. The van der Waals surface area contributed by atoms with E-state index in [1.165, 1.54) is 0 Å². The summed E-state index contributed by atoms with van der Waals surface area (Å²) in [6, 6.07) is 7.48. The van der Waals surface area contributed by atoms with Crippen molar-refractivity contribution in [1.82, 2.24) is 4.98 Å². The van der Waals surface area contributed by atoms with Crippen molar-refractivity contribution in [2.45, 2.75) is 6.92 Å². The lowest BCUT2D eigenvalue weighted by molar-refractivity contribution is -0.120. The van der Waals surface area contributed by atoms with Gasteiger partial charge in [-0.15, -0.1) is 0 Å². The van der Waals surface area contributed by atoms with Crippen molar-refractivity contribution >= 4 is 29.0 Å². The number of nitrogens with zero attached hydrogens (tertiary/aromatic N) is 1. The quantitative estimate of drug-likeness (QED) is 0.578. The van der Waals surface area contributed by atoms with Gasteiger partial charge >= 0.3 is 0 Å². The first-order valence-corrected chi connectivity index (χ1v) is 4.76. The maximum atomic E-state index is 10.2. The van der Waals surface area contributed by atoms with Crippen LogP contribution in [0.25, 0.3) is 10.9 Å². The first kappa shape index (κ1) is 9.93. The Balaban J connectivity index is 2.65. The topological polar surface area (TPSA) is 39.2 Å². The number of hydrogen-bond donors (Lipinski definition) is 0. The number of pyridine rings is 1. The molecule has 2 aromatic rings. The Bertz CT molecular complexity index is 525. The minimum Gasteiger partial charge on any atom is -0.425 e. The van der Waals surface area contributed by atoms with Gasteiger partial charge in [-0.05, 0) is 25.1 Å². The van der Waals surface area contributed by atoms with Crippen LogP contribution in [0.2, 0.25) is 5.15 Å². The van der Waals surface area contributed by atoms with Gasteiger partial charge in [0.2, 0.25) is 0 Å². The fraction of sp³-hybridized carbons (Fsp3) is 0.0909. The number of aryl methyl sites for hydroxylation is 1. The van der Waals surface area contributed by atoms with Gasteiger partial charge in [-0.3, -0.25) is 4.79 Å². The van der Waals surface area contributed by atoms with Gasteiger partial charge in [0.15, 0.2) is 10.9 Å². The number of halogens is 1. The van der Waals surface area contributed by atoms with Crippen molar-refractivity contribution in [3.8, 4) is 5.75 Å². The molecule has 0 amide bonds. The normalized spacial score (nSPS) is 10.3. The summed E-state index contributed by atoms with van der Waals surface area (Å²) in [5, 5.41) is 1.09. The summed E-state index contributed by atoms with van der Waals surface area (Å²) in [6.45, 7) is 2.32. The van der Waals surface area contributed by atoms with Crippen LogP contribution in [0.1, 0.15) is 5.56 Å². The van der Waals surface area contributed by atoms with Crippen molar-refractivity contribution in [2.75, 3.05) is 0 Å². The molecular weight excluding hydrogens is 214 g/mol. The van der Waals surface area contributed by atoms with Gasteiger partial charge in [-0.2, -0.15) is 0 Å². The standard InChI is InChI=1S/C11H8ClNO2/c1-7-2-3-9-8(4-7)5-10(15-6-14)11(12)13-9/h2-6H,1H3. The van der Waals surface area contributed by atoms with E-state index in [2.05, 4.69) is 4.98 Å². The van der Waals surface area contributed by atoms with E-state index in [0.717, 1.165) is 16.5 Å². The molecule has 3 nitrogen and oxygen atoms in total. The summed E-state index contributed by atoms with van der Waals surface area (Å²) >= 11 is 5.83. The van der Waals surface area contributed by atoms with Crippen molar-refractivity contribution in [2.24, 2.45) is 0 Å². The van der Waals surface area contributed by atoms with E-state index in [4.69, 9.17) is 16.3 Å². The molecule has 0 bridgehead atoms. The minimum absolute atomic E-state index is 0.193. The van der Waals surface area contributed by atoms with Crippen molar-refractivity contribution in [1.29, 1.82) is 0 Å². The first-order chi connectivity index (χ1) is 7.20. The predicted molar refractivity (Wildman–Crippen MR) is 58.2 cm³/mol. The molecule has 0 unspecified atom stereocenters. The summed E-state index contributed by atoms with van der Waals surface area (Å²) in [5.41, 5.74) is 1.90. The van der Waals surface area contributed by atoms with Crippen LogP contribution in [0, 0.1) is 6.92 Å². The third-order valence-electron chi connectivity index (χ3n) is 2.07. The number of benzene rings is 1. The summed E-state index contributed by atoms with van der Waals surface area (Å²) in [6.07, 6.45) is 0. The number of carbonyl (C=O) groups is 1. The minimum atomic E-state index is 0.193. The largest absolute Gasteiger partial charge is 0.425 e. The molecule has 4 heteroatoms. The Kier molecular flexibility index (Phi) is 2.56. The zero-order valence-corrected chi connectivity index (χ0v) is 8.78. The average Bonchev–Trinajstić information content (AvgIpc) is 2.20. The lowest BCUT2D eigenvalue weighted by Gasteiger charge is -2.03. The number of aromatic nitrogens is 1. The number of carbonyl (C=O) groups excluding carboxylic acids is 1. The van der Waals surface area contributed by atoms with E-state index in [0.29, 0.717) is 6.47 Å². The first-order valence-electron chi connectivity index (χ1n) is 4.38. The van der Waals surface area contributed by atoms with Gasteiger partial charge in [0.25, 0.3) is 6.47 Å². The average molecular weight is 222 g/mol. The van der Waals surface area contributed by atoms with Gasteiger partial charge in [0.1, 0.15) is 0 Å². The van der Waals surface area contributed by atoms with Crippen LogP contribution in [-0.2, 0) is 4.79 Å². The van der Waals surface area contributed by atoms with Gasteiger partial charge in [0.05, 0.1) is 5.52 Å². The molecule has 0 atom stereocenters. The molecule has 1 heterocycles. The predicted octanol–water partition coefficient (Wildman–Crippen LogP) is 2.73. The summed E-state index contributed by atoms with van der Waals surface area (Å²) in [4.78, 5) is 14.3. The van der Waals surface area contributed by atoms with Gasteiger partial charge in [0, 0.05) is 5.39 Å². The zero-order chi connectivity index (χ0) is 10.8. The van der Waals surface area contributed by atoms with Crippen molar-refractivity contribution < 1.29 is 9.53 Å². The highest BCUT2D eigenvalue weighted by Gasteiger charge is 2.05. The Morgan fingerprint density at radius 2 is 2.20 bits per heavy atom. The molecule has 0 aliphatic carbocycles. The van der Waals surface area contributed by atoms with E-state index < -0.39 is 0 Å². The fourth-order valence-corrected chi connectivity index (χ4v) is 1.58. The highest BCUT2D eigenvalue weighted by molar-refractivity contribution is 6.31. The Labute approximate surface area is 91.6 Å². The Hall–Kier alpha value is -1.61. The van der Waals surface area contributed by atoms with E-state index in [-0.39, 0.29) is 10.9 Å². The highest BCUT2D eigenvalue weighted by Crippen LogP contribution is 2.26. The maximum absolute atomic E-state index is 10.2. The molecular formula is C11H8ClNO2. The van der Waals surface area contributed by atoms with Crippen LogP contribution in [0.4, 0.5) is 0 Å². The zero-order valence-electron chi connectivity index (χ0n) is 8.03.